The average molecular weight is 479 g/mol. The number of carbonyl (C=O) groups excluding carboxylic acids is 1. The first-order chi connectivity index (χ1) is 17.7. The lowest BCUT2D eigenvalue weighted by molar-refractivity contribution is -0.117. The predicted molar refractivity (Wildman–Crippen MR) is 139 cm³/mol. The van der Waals surface area contributed by atoms with Crippen LogP contribution in [0, 0.1) is 12.8 Å². The highest BCUT2D eigenvalue weighted by atomic mass is 16.5. The topological polar surface area (TPSA) is 80.8 Å². The number of benzene rings is 3. The van der Waals surface area contributed by atoms with Crippen molar-refractivity contribution >= 4 is 5.78 Å². The zero-order valence-electron chi connectivity index (χ0n) is 20.5. The average Bonchev–Trinajstić information content (AvgIpc) is 3.62. The summed E-state index contributed by atoms with van der Waals surface area (Å²) in [6, 6.07) is 20.8. The molecule has 1 aliphatic heterocycles. The molecule has 36 heavy (non-hydrogen) atoms. The number of nitrogens with zero attached hydrogens (tertiary/aromatic N) is 3. The van der Waals surface area contributed by atoms with Crippen LogP contribution in [0.3, 0.4) is 0 Å². The Morgan fingerprint density at radius 3 is 2.56 bits per heavy atom. The molecule has 6 nitrogen and oxygen atoms in total. The fourth-order valence-corrected chi connectivity index (χ4v) is 5.49. The monoisotopic (exact) mass is 478 g/mol. The third-order valence-corrected chi connectivity index (χ3v) is 7.42. The number of fused-ring (bicyclic) bond motifs is 1. The molecule has 1 aliphatic carbocycles. The molecule has 1 fully saturated rings. The van der Waals surface area contributed by atoms with Crippen LogP contribution >= 0.6 is 0 Å². The first-order valence-corrected chi connectivity index (χ1v) is 12.9. The van der Waals surface area contributed by atoms with Crippen LogP contribution < -0.4 is 4.74 Å². The second kappa shape index (κ2) is 9.69. The van der Waals surface area contributed by atoms with Gasteiger partial charge < -0.3 is 4.74 Å². The number of nitrogens with one attached hydrogen (secondary N) is 1. The fraction of sp³-hybridized carbons (Fsp3) is 0.333. The third-order valence-electron chi connectivity index (χ3n) is 7.42. The number of H-pyrrole nitrogens is 1. The molecule has 2 aliphatic rings. The minimum absolute atomic E-state index is 0.195. The highest BCUT2D eigenvalue weighted by molar-refractivity contribution is 5.86. The molecule has 0 radical (unpaired) electrons. The molecule has 1 aromatic heterocycles. The Morgan fingerprint density at radius 2 is 1.81 bits per heavy atom. The van der Waals surface area contributed by atoms with Crippen molar-refractivity contribution in [2.45, 2.75) is 51.4 Å². The number of ketones is 1. The summed E-state index contributed by atoms with van der Waals surface area (Å²) < 4.78 is 6.36. The number of carbonyl (C=O) groups is 1. The second-order valence-corrected chi connectivity index (χ2v) is 10.1. The van der Waals surface area contributed by atoms with Crippen molar-refractivity contribution in [3.8, 4) is 28.3 Å². The number of ether oxygens (including phenoxy) is 1. The molecule has 3 aromatic carbocycles. The minimum Gasteiger partial charge on any atom is -0.493 e. The normalized spacial score (nSPS) is 17.2. The lowest BCUT2D eigenvalue weighted by atomic mass is 9.84. The maximum atomic E-state index is 13.3. The Labute approximate surface area is 211 Å². The van der Waals surface area contributed by atoms with Crippen molar-refractivity contribution < 1.29 is 9.53 Å². The number of aromatic amines is 1. The molecule has 0 spiro atoms. The van der Waals surface area contributed by atoms with Crippen molar-refractivity contribution in [2.24, 2.45) is 5.92 Å². The van der Waals surface area contributed by atoms with Gasteiger partial charge in [-0.25, -0.2) is 0 Å². The largest absolute Gasteiger partial charge is 0.493 e. The van der Waals surface area contributed by atoms with E-state index in [9.17, 15) is 4.79 Å². The van der Waals surface area contributed by atoms with E-state index < -0.39 is 0 Å². The lowest BCUT2D eigenvalue weighted by Crippen LogP contribution is -2.10. The van der Waals surface area contributed by atoms with Crippen LogP contribution in [0.25, 0.3) is 22.5 Å². The van der Waals surface area contributed by atoms with E-state index in [1.54, 1.807) is 0 Å². The lowest BCUT2D eigenvalue weighted by Gasteiger charge is -2.21. The summed E-state index contributed by atoms with van der Waals surface area (Å²) in [5, 5.41) is 14.8. The summed E-state index contributed by atoms with van der Waals surface area (Å²) >= 11 is 0. The van der Waals surface area contributed by atoms with Gasteiger partial charge in [0.25, 0.3) is 0 Å². The van der Waals surface area contributed by atoms with Crippen LogP contribution in [0.1, 0.15) is 53.9 Å². The molecule has 4 aromatic rings. The molecule has 6 heteroatoms. The van der Waals surface area contributed by atoms with Gasteiger partial charge in [-0.2, -0.15) is 5.21 Å². The van der Waals surface area contributed by atoms with Gasteiger partial charge >= 0.3 is 0 Å². The van der Waals surface area contributed by atoms with Crippen molar-refractivity contribution in [3.63, 3.8) is 0 Å². The van der Waals surface area contributed by atoms with Crippen LogP contribution in [0.15, 0.2) is 60.7 Å². The second-order valence-electron chi connectivity index (χ2n) is 10.1. The maximum Gasteiger partial charge on any atom is 0.205 e. The van der Waals surface area contributed by atoms with Crippen LogP contribution in [0.5, 0.6) is 5.75 Å². The van der Waals surface area contributed by atoms with Crippen molar-refractivity contribution in [3.05, 3.63) is 82.9 Å². The van der Waals surface area contributed by atoms with Gasteiger partial charge in [0.05, 0.1) is 6.61 Å². The van der Waals surface area contributed by atoms with E-state index in [1.165, 1.54) is 24.0 Å². The van der Waals surface area contributed by atoms with Gasteiger partial charge in [0.2, 0.25) is 5.82 Å². The first-order valence-electron chi connectivity index (χ1n) is 12.9. The number of aromatic nitrogens is 4. The molecule has 182 valence electrons. The van der Waals surface area contributed by atoms with Crippen LogP contribution in [0.2, 0.25) is 0 Å². The summed E-state index contributed by atoms with van der Waals surface area (Å²) in [6.07, 6.45) is 5.49. The SMILES string of the molecule is Cc1ccc(CC(=O)Cc2cc(-c3ccccc3-c3nn[nH]n3)cc3c2OCCCC3C2CC2)cc1. The summed E-state index contributed by atoms with van der Waals surface area (Å²) in [5.74, 6) is 2.88. The molecule has 1 N–H and O–H groups in total. The van der Waals surface area contributed by atoms with E-state index in [1.807, 2.05) is 30.3 Å². The Hall–Kier alpha value is -3.80. The minimum atomic E-state index is 0.195. The quantitative estimate of drug-likeness (QED) is 0.360. The van der Waals surface area contributed by atoms with Gasteiger partial charge in [0.1, 0.15) is 11.5 Å². The number of rotatable bonds is 7. The zero-order chi connectivity index (χ0) is 24.5. The molecular formula is C30H30N4O2. The van der Waals surface area contributed by atoms with E-state index in [4.69, 9.17) is 4.74 Å². The molecule has 1 atom stereocenters. The first kappa shape index (κ1) is 22.7. The van der Waals surface area contributed by atoms with Crippen LogP contribution in [-0.4, -0.2) is 33.0 Å². The number of aryl methyl sites for hydroxylation is 1. The number of tetrazole rings is 1. The van der Waals surface area contributed by atoms with Crippen LogP contribution in [0.4, 0.5) is 0 Å². The number of hydrogen-bond donors (Lipinski definition) is 1. The molecular weight excluding hydrogens is 448 g/mol. The molecule has 0 amide bonds. The fourth-order valence-electron chi connectivity index (χ4n) is 5.49. The zero-order valence-corrected chi connectivity index (χ0v) is 20.5. The molecule has 0 saturated heterocycles. The van der Waals surface area contributed by atoms with Gasteiger partial charge in [-0.1, -0.05) is 54.1 Å². The summed E-state index contributed by atoms with van der Waals surface area (Å²) in [5.41, 5.74) is 7.51. The van der Waals surface area contributed by atoms with Crippen molar-refractivity contribution in [1.29, 1.82) is 0 Å². The smallest absolute Gasteiger partial charge is 0.205 e. The van der Waals surface area contributed by atoms with Gasteiger partial charge in [-0.3, -0.25) is 4.79 Å². The van der Waals surface area contributed by atoms with Gasteiger partial charge in [0.15, 0.2) is 0 Å². The van der Waals surface area contributed by atoms with Crippen molar-refractivity contribution in [2.75, 3.05) is 6.61 Å². The standard InChI is InChI=1S/C30H30N4O2/c1-19-8-10-20(11-9-19)15-24(35)17-23-16-22(26-5-2-3-6-27(26)30-31-33-34-32-30)18-28-25(21-12-13-21)7-4-14-36-29(23)28/h2-3,5-6,8-11,16,18,21,25H,4,7,12-15,17H2,1H3,(H,31,32,33,34). The summed E-state index contributed by atoms with van der Waals surface area (Å²) in [7, 11) is 0. The van der Waals surface area contributed by atoms with Crippen LogP contribution in [-0.2, 0) is 17.6 Å². The summed E-state index contributed by atoms with van der Waals surface area (Å²) in [6.45, 7) is 2.76. The Bertz CT molecular complexity index is 1370. The predicted octanol–water partition coefficient (Wildman–Crippen LogP) is 5.86. The Morgan fingerprint density at radius 1 is 1.00 bits per heavy atom. The summed E-state index contributed by atoms with van der Waals surface area (Å²) in [4.78, 5) is 13.3. The number of Topliss-reactive ketones (excluding diaryl/α,β-unsaturated/α-hetero) is 1. The molecule has 1 unspecified atom stereocenters. The number of hydrogen-bond acceptors (Lipinski definition) is 5. The molecule has 2 heterocycles. The maximum absolute atomic E-state index is 13.3. The van der Waals surface area contributed by atoms with Gasteiger partial charge in [-0.05, 0) is 84.0 Å². The molecule has 0 bridgehead atoms. The Kier molecular flexibility index (Phi) is 6.09. The highest BCUT2D eigenvalue weighted by Gasteiger charge is 2.36. The third kappa shape index (κ3) is 4.68. The van der Waals surface area contributed by atoms with E-state index >= 15 is 0 Å². The van der Waals surface area contributed by atoms with E-state index in [0.29, 0.717) is 37.1 Å². The van der Waals surface area contributed by atoms with E-state index in [-0.39, 0.29) is 5.78 Å². The van der Waals surface area contributed by atoms with Crippen molar-refractivity contribution in [1.82, 2.24) is 20.6 Å². The van der Waals surface area contributed by atoms with E-state index in [0.717, 1.165) is 46.4 Å². The molecule has 1 saturated carbocycles. The molecule has 6 rings (SSSR count). The van der Waals surface area contributed by atoms with E-state index in [2.05, 4.69) is 57.9 Å². The van der Waals surface area contributed by atoms with Gasteiger partial charge in [-0.15, -0.1) is 10.2 Å². The van der Waals surface area contributed by atoms with Gasteiger partial charge in [0, 0.05) is 24.0 Å². The Balaban J connectivity index is 1.42. The highest BCUT2D eigenvalue weighted by Crippen LogP contribution is 2.50.